The van der Waals surface area contributed by atoms with E-state index in [0.717, 1.165) is 19.3 Å². The van der Waals surface area contributed by atoms with Gasteiger partial charge < -0.3 is 14.5 Å². The van der Waals surface area contributed by atoms with Crippen LogP contribution in [0.2, 0.25) is 5.02 Å². The third-order valence-corrected chi connectivity index (χ3v) is 7.15. The van der Waals surface area contributed by atoms with Crippen LogP contribution in [0.15, 0.2) is 21.4 Å². The highest BCUT2D eigenvalue weighted by Crippen LogP contribution is 2.38. The van der Waals surface area contributed by atoms with Crippen LogP contribution in [0, 0.1) is 11.8 Å². The number of anilines is 1. The van der Waals surface area contributed by atoms with E-state index in [1.807, 2.05) is 32.6 Å². The molecule has 0 spiro atoms. The van der Waals surface area contributed by atoms with Crippen molar-refractivity contribution in [3.8, 4) is 0 Å². The number of nitrogens with zero attached hydrogens (tertiary/aromatic N) is 3. The normalized spacial score (nSPS) is 17.2. The number of fused-ring (bicyclic) bond motifs is 3. The van der Waals surface area contributed by atoms with Crippen molar-refractivity contribution in [2.75, 3.05) is 31.1 Å². The Morgan fingerprint density at radius 2 is 1.79 bits per heavy atom. The number of carbonyl (C=O) groups excluding carboxylic acids is 2. The van der Waals surface area contributed by atoms with Crippen molar-refractivity contribution >= 4 is 45.0 Å². The van der Waals surface area contributed by atoms with Gasteiger partial charge in [0.1, 0.15) is 10.7 Å². The molecule has 10 heteroatoms. The highest BCUT2D eigenvalue weighted by atomic mass is 35.5. The summed E-state index contributed by atoms with van der Waals surface area (Å²) in [6.07, 6.45) is 3.34. The number of hydrogen-bond acceptors (Lipinski definition) is 6. The van der Waals surface area contributed by atoms with Crippen molar-refractivity contribution < 1.29 is 22.7 Å². The van der Waals surface area contributed by atoms with Gasteiger partial charge in [0.25, 0.3) is 15.9 Å². The first-order valence-corrected chi connectivity index (χ1v) is 13.2. The van der Waals surface area contributed by atoms with Gasteiger partial charge in [0.2, 0.25) is 0 Å². The number of hydrogen-bond donors (Lipinski definition) is 0. The lowest BCUT2D eigenvalue weighted by Crippen LogP contribution is -2.39. The molecule has 1 fully saturated rings. The summed E-state index contributed by atoms with van der Waals surface area (Å²) in [5.41, 5.74) is 0.333. The fourth-order valence-electron chi connectivity index (χ4n) is 4.11. The average molecular weight is 498 g/mol. The van der Waals surface area contributed by atoms with Crippen LogP contribution < -0.4 is 4.90 Å². The summed E-state index contributed by atoms with van der Waals surface area (Å²) in [6.45, 7) is 9.36. The third kappa shape index (κ3) is 6.06. The Kier molecular flexibility index (Phi) is 8.05. The molecule has 2 aliphatic heterocycles. The predicted octanol–water partition coefficient (Wildman–Crippen LogP) is 4.12. The minimum absolute atomic E-state index is 0.0722. The first kappa shape index (κ1) is 25.5. The Morgan fingerprint density at radius 1 is 1.12 bits per heavy atom. The molecule has 8 nitrogen and oxygen atoms in total. The maximum absolute atomic E-state index is 12.8. The van der Waals surface area contributed by atoms with E-state index in [0.29, 0.717) is 37.6 Å². The van der Waals surface area contributed by atoms with Crippen molar-refractivity contribution in [3.63, 3.8) is 0 Å². The zero-order chi connectivity index (χ0) is 24.3. The number of benzene rings is 1. The van der Waals surface area contributed by atoms with Crippen LogP contribution in [-0.2, 0) is 19.6 Å². The summed E-state index contributed by atoms with van der Waals surface area (Å²) in [5, 5.41) is 0.0770. The zero-order valence-electron chi connectivity index (χ0n) is 19.6. The molecule has 182 valence electrons. The van der Waals surface area contributed by atoms with Gasteiger partial charge in [-0.15, -0.1) is 4.40 Å². The van der Waals surface area contributed by atoms with Crippen molar-refractivity contribution in [1.82, 2.24) is 4.90 Å². The van der Waals surface area contributed by atoms with Gasteiger partial charge >= 0.3 is 5.97 Å². The van der Waals surface area contributed by atoms with Gasteiger partial charge in [-0.3, -0.25) is 4.79 Å². The minimum Gasteiger partial charge on any atom is -0.452 e. The monoisotopic (exact) mass is 497 g/mol. The lowest BCUT2D eigenvalue weighted by molar-refractivity contribution is -0.135. The zero-order valence-corrected chi connectivity index (χ0v) is 21.2. The van der Waals surface area contributed by atoms with Crippen LogP contribution in [-0.4, -0.2) is 57.3 Å². The van der Waals surface area contributed by atoms with Crippen molar-refractivity contribution in [2.24, 2.45) is 16.2 Å². The molecule has 0 aromatic heterocycles. The number of amides is 1. The van der Waals surface area contributed by atoms with Gasteiger partial charge in [-0.25, -0.2) is 4.79 Å². The van der Waals surface area contributed by atoms with E-state index in [9.17, 15) is 18.0 Å². The van der Waals surface area contributed by atoms with Gasteiger partial charge in [-0.2, -0.15) is 8.42 Å². The lowest BCUT2D eigenvalue weighted by atomic mass is 10.1. The lowest BCUT2D eigenvalue weighted by Gasteiger charge is -2.30. The molecule has 2 heterocycles. The summed E-state index contributed by atoms with van der Waals surface area (Å²) in [5.74, 6) is -0.0917. The molecule has 0 radical (unpaired) electrons. The first-order valence-electron chi connectivity index (χ1n) is 11.4. The van der Waals surface area contributed by atoms with E-state index in [1.165, 1.54) is 12.1 Å². The molecule has 33 heavy (non-hydrogen) atoms. The van der Waals surface area contributed by atoms with Crippen LogP contribution in [0.3, 0.4) is 0 Å². The van der Waals surface area contributed by atoms with Gasteiger partial charge in [0.15, 0.2) is 6.61 Å². The van der Waals surface area contributed by atoms with Crippen LogP contribution in [0.4, 0.5) is 5.69 Å². The van der Waals surface area contributed by atoms with Gasteiger partial charge in [-0.05, 0) is 36.8 Å². The van der Waals surface area contributed by atoms with Crippen LogP contribution in [0.25, 0.3) is 0 Å². The number of halogens is 1. The summed E-state index contributed by atoms with van der Waals surface area (Å²) in [7, 11) is -3.97. The summed E-state index contributed by atoms with van der Waals surface area (Å²) in [4.78, 5) is 28.9. The van der Waals surface area contributed by atoms with Gasteiger partial charge in [0.05, 0.1) is 16.3 Å². The largest absolute Gasteiger partial charge is 0.452 e. The highest BCUT2D eigenvalue weighted by Gasteiger charge is 2.33. The third-order valence-electron chi connectivity index (χ3n) is 5.51. The van der Waals surface area contributed by atoms with E-state index in [1.54, 1.807) is 4.90 Å². The Hall–Kier alpha value is -2.13. The molecular weight excluding hydrogens is 466 g/mol. The summed E-state index contributed by atoms with van der Waals surface area (Å²) < 4.78 is 34.9. The summed E-state index contributed by atoms with van der Waals surface area (Å²) >= 11 is 6.38. The van der Waals surface area contributed by atoms with Crippen molar-refractivity contribution in [1.29, 1.82) is 0 Å². The second-order valence-electron chi connectivity index (χ2n) is 9.41. The molecule has 0 N–H and O–H groups in total. The molecule has 0 atom stereocenters. The van der Waals surface area contributed by atoms with Gasteiger partial charge in [0, 0.05) is 26.1 Å². The molecule has 3 rings (SSSR count). The smallest absolute Gasteiger partial charge is 0.340 e. The minimum atomic E-state index is -3.97. The number of esters is 1. The van der Waals surface area contributed by atoms with E-state index < -0.39 is 22.6 Å². The summed E-state index contributed by atoms with van der Waals surface area (Å²) in [6, 6.07) is 2.70. The Labute approximate surface area is 201 Å². The highest BCUT2D eigenvalue weighted by molar-refractivity contribution is 7.90. The van der Waals surface area contributed by atoms with E-state index in [2.05, 4.69) is 4.40 Å². The van der Waals surface area contributed by atoms with Crippen LogP contribution in [0.5, 0.6) is 0 Å². The molecule has 1 aromatic rings. The molecule has 1 amide bonds. The maximum atomic E-state index is 12.8. The van der Waals surface area contributed by atoms with Crippen molar-refractivity contribution in [2.45, 2.75) is 58.3 Å². The van der Waals surface area contributed by atoms with Gasteiger partial charge in [-0.1, -0.05) is 45.7 Å². The Balaban J connectivity index is 1.81. The Morgan fingerprint density at radius 3 is 2.42 bits per heavy atom. The van der Waals surface area contributed by atoms with Crippen LogP contribution in [0.1, 0.15) is 63.7 Å². The number of sulfonamides is 1. The van der Waals surface area contributed by atoms with E-state index in [4.69, 9.17) is 16.3 Å². The number of rotatable bonds is 7. The van der Waals surface area contributed by atoms with Crippen molar-refractivity contribution in [3.05, 3.63) is 22.7 Å². The number of amidine groups is 1. The second-order valence-corrected chi connectivity index (χ2v) is 11.4. The molecule has 1 aromatic carbocycles. The molecular formula is C23H32ClN3O5S. The Bertz CT molecular complexity index is 1040. The molecule has 0 aliphatic carbocycles. The number of ether oxygens (including phenoxy) is 1. The molecule has 0 bridgehead atoms. The molecule has 2 aliphatic rings. The SMILES string of the molecule is CC(C)CN(CC(C)C)C(=O)COC(=O)c1cc2c(cc1Cl)N1CCCCCC1=NS2(=O)=O. The number of carbonyl (C=O) groups is 2. The molecule has 1 saturated heterocycles. The average Bonchev–Trinajstić information content (AvgIpc) is 2.95. The standard InChI is InChI=1S/C23H32ClN3O5S/c1-15(2)12-26(13-16(3)4)22(28)14-32-23(29)17-10-20-19(11-18(17)24)27-9-7-5-6-8-21(27)25-33(20,30)31/h10-11,15-16H,5-9,12-14H2,1-4H3. The van der Waals surface area contributed by atoms with Crippen LogP contribution >= 0.6 is 11.6 Å². The quantitative estimate of drug-likeness (QED) is 0.526. The predicted molar refractivity (Wildman–Crippen MR) is 128 cm³/mol. The second kappa shape index (κ2) is 10.4. The van der Waals surface area contributed by atoms with E-state index in [-0.39, 0.29) is 33.2 Å². The fraction of sp³-hybridized carbons (Fsp3) is 0.609. The fourth-order valence-corrected chi connectivity index (χ4v) is 5.61. The van der Waals surface area contributed by atoms with E-state index >= 15 is 0 Å². The maximum Gasteiger partial charge on any atom is 0.340 e. The molecule has 0 unspecified atom stereocenters. The first-order chi connectivity index (χ1) is 15.5. The topological polar surface area (TPSA) is 96.3 Å². The molecule has 0 saturated carbocycles.